The molecular formula is C26H24O5S. The first-order chi connectivity index (χ1) is 15.4. The Morgan fingerprint density at radius 2 is 2.00 bits per heavy atom. The van der Waals surface area contributed by atoms with Gasteiger partial charge >= 0.3 is 11.9 Å². The second-order valence-corrected chi connectivity index (χ2v) is 9.49. The van der Waals surface area contributed by atoms with Crippen LogP contribution in [0.15, 0.2) is 77.4 Å². The number of allylic oxidation sites excluding steroid dienone is 1. The molecule has 1 saturated heterocycles. The van der Waals surface area contributed by atoms with Gasteiger partial charge in [-0.3, -0.25) is 4.79 Å². The summed E-state index contributed by atoms with van der Waals surface area (Å²) < 4.78 is 18.6. The van der Waals surface area contributed by atoms with Gasteiger partial charge in [-0.05, 0) is 47.0 Å². The van der Waals surface area contributed by atoms with E-state index in [1.165, 1.54) is 0 Å². The molecule has 4 atom stereocenters. The van der Waals surface area contributed by atoms with Crippen LogP contribution >= 0.6 is 11.3 Å². The Bertz CT molecular complexity index is 1200. The van der Waals surface area contributed by atoms with Crippen molar-refractivity contribution in [2.75, 3.05) is 0 Å². The molecule has 1 aromatic heterocycles. The zero-order valence-corrected chi connectivity index (χ0v) is 18.7. The number of thiophene rings is 1. The molecule has 1 aliphatic carbocycles. The molecule has 0 radical (unpaired) electrons. The summed E-state index contributed by atoms with van der Waals surface area (Å²) in [5, 5.41) is 3.08. The highest BCUT2D eigenvalue weighted by atomic mass is 32.1. The number of hydrogen-bond donors (Lipinski definition) is 0. The molecular weight excluding hydrogens is 424 g/mol. The Balaban J connectivity index is 1.43. The Hall–Kier alpha value is -3.12. The number of benzene rings is 1. The fourth-order valence-corrected chi connectivity index (χ4v) is 5.69. The lowest BCUT2D eigenvalue weighted by molar-refractivity contribution is -0.148. The normalized spacial score (nSPS) is 29.0. The first-order valence-corrected chi connectivity index (χ1v) is 11.6. The molecule has 1 fully saturated rings. The number of esters is 2. The zero-order chi connectivity index (χ0) is 22.4. The second-order valence-electron chi connectivity index (χ2n) is 8.58. The highest BCUT2D eigenvalue weighted by Gasteiger charge is 2.44. The molecule has 1 aromatic carbocycles. The van der Waals surface area contributed by atoms with E-state index in [1.807, 2.05) is 48.7 Å². The fraction of sp³-hybridized carbons (Fsp3) is 0.308. The fourth-order valence-electron chi connectivity index (χ4n) is 4.72. The van der Waals surface area contributed by atoms with Crippen molar-refractivity contribution in [1.82, 2.24) is 0 Å². The Kier molecular flexibility index (Phi) is 5.25. The maximum atomic E-state index is 13.0. The van der Waals surface area contributed by atoms with Gasteiger partial charge < -0.3 is 14.2 Å². The molecule has 0 spiro atoms. The SMILES string of the molecule is C=C1O[C@H]2CC3=C[C@@H](C/C(C)=C/[C@@H](OC(=O)Cc4csc5ccccc45)[C@@H]2C1=C)OC3=O. The third-order valence-electron chi connectivity index (χ3n) is 6.27. The third-order valence-corrected chi connectivity index (χ3v) is 7.29. The predicted molar refractivity (Wildman–Crippen MR) is 123 cm³/mol. The van der Waals surface area contributed by atoms with Crippen LogP contribution in [0.2, 0.25) is 0 Å². The van der Waals surface area contributed by atoms with Crippen molar-refractivity contribution in [1.29, 1.82) is 0 Å². The standard InChI is InChI=1S/C26H24O5S/c1-14-8-19-10-17(26(28)30-19)11-22-25(15(2)16(3)29-22)21(9-14)31-24(27)12-18-13-32-23-7-5-4-6-20(18)23/h4-7,9-10,13,19,21-22,25H,2-3,8,11-12H2,1H3/b14-9+/t19-,21-,22+,25+/m1/s1. The van der Waals surface area contributed by atoms with Gasteiger partial charge in [0.25, 0.3) is 0 Å². The van der Waals surface area contributed by atoms with Crippen molar-refractivity contribution in [2.45, 2.75) is 44.5 Å². The van der Waals surface area contributed by atoms with Gasteiger partial charge in [0.15, 0.2) is 0 Å². The van der Waals surface area contributed by atoms with E-state index in [0.29, 0.717) is 29.7 Å². The van der Waals surface area contributed by atoms with Gasteiger partial charge in [-0.2, -0.15) is 0 Å². The van der Waals surface area contributed by atoms with Crippen LogP contribution in [0.3, 0.4) is 0 Å². The molecule has 32 heavy (non-hydrogen) atoms. The van der Waals surface area contributed by atoms with E-state index < -0.39 is 12.2 Å². The van der Waals surface area contributed by atoms with Crippen LogP contribution in [0, 0.1) is 5.92 Å². The molecule has 0 N–H and O–H groups in total. The average Bonchev–Trinajstić information content (AvgIpc) is 3.38. The molecule has 2 aromatic rings. The Morgan fingerprint density at radius 1 is 1.19 bits per heavy atom. The molecule has 2 aliphatic heterocycles. The van der Waals surface area contributed by atoms with Crippen LogP contribution in [0.1, 0.15) is 25.3 Å². The Morgan fingerprint density at radius 3 is 2.84 bits per heavy atom. The maximum Gasteiger partial charge on any atom is 0.334 e. The number of rotatable bonds is 3. The first-order valence-electron chi connectivity index (χ1n) is 10.7. The van der Waals surface area contributed by atoms with E-state index in [4.69, 9.17) is 14.2 Å². The number of ether oxygens (including phenoxy) is 3. The predicted octanol–water partition coefficient (Wildman–Crippen LogP) is 5.03. The number of hydrogen-bond acceptors (Lipinski definition) is 6. The second kappa shape index (κ2) is 8.10. The molecule has 0 saturated carbocycles. The van der Waals surface area contributed by atoms with Crippen molar-refractivity contribution in [3.05, 3.63) is 83.0 Å². The van der Waals surface area contributed by atoms with Gasteiger partial charge in [0.1, 0.15) is 24.1 Å². The van der Waals surface area contributed by atoms with Crippen LogP contribution in [0.25, 0.3) is 10.1 Å². The molecule has 3 aliphatic rings. The van der Waals surface area contributed by atoms with Gasteiger partial charge in [-0.1, -0.05) is 36.9 Å². The van der Waals surface area contributed by atoms with Crippen LogP contribution < -0.4 is 0 Å². The molecule has 5 rings (SSSR count). The van der Waals surface area contributed by atoms with Crippen LogP contribution in [-0.4, -0.2) is 30.3 Å². The monoisotopic (exact) mass is 448 g/mol. The smallest absolute Gasteiger partial charge is 0.334 e. The van der Waals surface area contributed by atoms with Gasteiger partial charge in [0.2, 0.25) is 0 Å². The molecule has 0 unspecified atom stereocenters. The van der Waals surface area contributed by atoms with Crippen molar-refractivity contribution in [2.24, 2.45) is 5.92 Å². The van der Waals surface area contributed by atoms with E-state index >= 15 is 0 Å². The molecule has 2 bridgehead atoms. The van der Waals surface area contributed by atoms with Gasteiger partial charge in [-0.15, -0.1) is 11.3 Å². The van der Waals surface area contributed by atoms with Crippen molar-refractivity contribution < 1.29 is 23.8 Å². The largest absolute Gasteiger partial charge is 0.490 e. The topological polar surface area (TPSA) is 61.8 Å². The number of fused-ring (bicyclic) bond motifs is 3. The number of carbonyl (C=O) groups excluding carboxylic acids is 2. The van der Waals surface area contributed by atoms with Crippen molar-refractivity contribution in [3.8, 4) is 0 Å². The summed E-state index contributed by atoms with van der Waals surface area (Å²) in [6.07, 6.45) is 3.68. The summed E-state index contributed by atoms with van der Waals surface area (Å²) in [6.45, 7) is 10.1. The van der Waals surface area contributed by atoms with E-state index in [9.17, 15) is 9.59 Å². The summed E-state index contributed by atoms with van der Waals surface area (Å²) >= 11 is 1.62. The summed E-state index contributed by atoms with van der Waals surface area (Å²) in [7, 11) is 0. The van der Waals surface area contributed by atoms with Crippen LogP contribution in [0.5, 0.6) is 0 Å². The van der Waals surface area contributed by atoms with E-state index in [0.717, 1.165) is 21.2 Å². The lowest BCUT2D eigenvalue weighted by Crippen LogP contribution is -2.33. The van der Waals surface area contributed by atoms with Crippen LogP contribution in [0.4, 0.5) is 0 Å². The van der Waals surface area contributed by atoms with Gasteiger partial charge in [-0.25, -0.2) is 4.79 Å². The first kappa shape index (κ1) is 20.8. The summed E-state index contributed by atoms with van der Waals surface area (Å²) in [6, 6.07) is 8.03. The van der Waals surface area contributed by atoms with Gasteiger partial charge in [0.05, 0.1) is 12.3 Å². The highest BCUT2D eigenvalue weighted by molar-refractivity contribution is 7.17. The molecule has 3 heterocycles. The average molecular weight is 449 g/mol. The van der Waals surface area contributed by atoms with E-state index in [-0.39, 0.29) is 30.4 Å². The Labute approximate surface area is 190 Å². The lowest BCUT2D eigenvalue weighted by atomic mass is 9.85. The van der Waals surface area contributed by atoms with Crippen LogP contribution in [-0.2, 0) is 30.2 Å². The minimum Gasteiger partial charge on any atom is -0.490 e. The number of carbonyl (C=O) groups is 2. The summed E-state index contributed by atoms with van der Waals surface area (Å²) in [5.74, 6) is -0.462. The quantitative estimate of drug-likeness (QED) is 0.487. The molecule has 0 amide bonds. The minimum atomic E-state index is -0.558. The summed E-state index contributed by atoms with van der Waals surface area (Å²) in [4.78, 5) is 25.3. The summed E-state index contributed by atoms with van der Waals surface area (Å²) in [5.41, 5.74) is 3.23. The third kappa shape index (κ3) is 3.79. The molecule has 5 nitrogen and oxygen atoms in total. The maximum absolute atomic E-state index is 13.0. The molecule has 164 valence electrons. The van der Waals surface area contributed by atoms with Gasteiger partial charge in [0, 0.05) is 23.1 Å². The minimum absolute atomic E-state index is 0.189. The highest BCUT2D eigenvalue weighted by Crippen LogP contribution is 2.42. The zero-order valence-electron chi connectivity index (χ0n) is 17.8. The van der Waals surface area contributed by atoms with E-state index in [2.05, 4.69) is 13.2 Å². The van der Waals surface area contributed by atoms with Crippen molar-refractivity contribution in [3.63, 3.8) is 0 Å². The molecule has 6 heteroatoms. The van der Waals surface area contributed by atoms with E-state index in [1.54, 1.807) is 11.3 Å². The lowest BCUT2D eigenvalue weighted by Gasteiger charge is -2.26. The van der Waals surface area contributed by atoms with Crippen molar-refractivity contribution >= 4 is 33.4 Å².